The van der Waals surface area contributed by atoms with Crippen LogP contribution in [0.2, 0.25) is 0 Å². The minimum atomic E-state index is -1.93. The van der Waals surface area contributed by atoms with Crippen LogP contribution in [0.25, 0.3) is 0 Å². The lowest BCUT2D eigenvalue weighted by atomic mass is 9.98. The van der Waals surface area contributed by atoms with Gasteiger partial charge in [0.2, 0.25) is 0 Å². The zero-order chi connectivity index (χ0) is 61.7. The minimum absolute atomic E-state index is 0.0274. The molecule has 0 aromatic carbocycles. The summed E-state index contributed by atoms with van der Waals surface area (Å²) in [5.74, 6) is -3.32. The van der Waals surface area contributed by atoms with Crippen LogP contribution >= 0.6 is 0 Å². The summed E-state index contributed by atoms with van der Waals surface area (Å²) in [5.41, 5.74) is 0. The Labute approximate surface area is 513 Å². The second kappa shape index (κ2) is 58.5. The molecule has 3 N–H and O–H groups in total. The first-order valence-electron chi connectivity index (χ1n) is 32.1. The predicted octanol–water partition coefficient (Wildman–Crippen LogP) is 17.5. The van der Waals surface area contributed by atoms with Crippen molar-refractivity contribution in [1.82, 2.24) is 0 Å². The van der Waals surface area contributed by atoms with Crippen molar-refractivity contribution in [2.24, 2.45) is 0 Å². The van der Waals surface area contributed by atoms with E-state index in [2.05, 4.69) is 179 Å². The largest absolute Gasteiger partial charge is 0.479 e. The van der Waals surface area contributed by atoms with E-state index in [1.807, 2.05) is 12.2 Å². The van der Waals surface area contributed by atoms with Crippen molar-refractivity contribution in [3.8, 4) is 0 Å². The Balaban J connectivity index is 2.76. The highest BCUT2D eigenvalue weighted by Crippen LogP contribution is 2.26. The highest BCUT2D eigenvalue weighted by molar-refractivity contribution is 5.74. The van der Waals surface area contributed by atoms with Crippen LogP contribution in [0.3, 0.4) is 0 Å². The van der Waals surface area contributed by atoms with Crippen LogP contribution in [0.15, 0.2) is 170 Å². The molecule has 1 rings (SSSR count). The highest BCUT2D eigenvalue weighted by atomic mass is 16.7. The molecule has 0 aliphatic carbocycles. The molecule has 1 fully saturated rings. The van der Waals surface area contributed by atoms with E-state index in [0.29, 0.717) is 25.7 Å². The number of rotatable bonds is 52. The standard InChI is InChI=1S/C73H110O12/c1-4-7-10-13-16-19-22-25-28-31-33-36-38-41-44-47-50-53-56-59-65(74)81-62-64(83-66(75)60-57-54-51-48-45-42-40-37-34-32-29-26-23-20-17-14-11-8-5-2)63-82-73-71(69(78)68(77)70(85-73)72(79)80)84-67(76)61-58-55-52-49-46-43-39-35-30-27-24-21-18-15-12-9-6-3/h7-12,16-21,25-30,33-34,36-37,41-42,44-45,50,53,64,68-71,73,77-78H,4-6,13-15,22-24,31-32,35,38-40,43,46-49,51-52,54-63H2,1-3H3,(H,79,80)/b10-7-,11-8-,12-9-,19-16-,20-17-,21-18-,28-25-,29-26-,30-27-,36-33-,37-34-,44-41-,45-42-,53-50-. The fraction of sp³-hybridized carbons (Fsp3) is 0.562. The number of carboxylic acid groups (broad SMARTS) is 1. The first-order valence-corrected chi connectivity index (χ1v) is 32.1. The summed E-state index contributed by atoms with van der Waals surface area (Å²) < 4.78 is 28.4. The topological polar surface area (TPSA) is 175 Å². The molecule has 1 aliphatic rings. The van der Waals surface area contributed by atoms with Gasteiger partial charge in [-0.1, -0.05) is 229 Å². The van der Waals surface area contributed by atoms with Gasteiger partial charge in [-0.05, 0) is 135 Å². The van der Waals surface area contributed by atoms with Gasteiger partial charge in [0.25, 0.3) is 0 Å². The smallest absolute Gasteiger partial charge is 0.335 e. The fourth-order valence-corrected chi connectivity index (χ4v) is 8.49. The average Bonchev–Trinajstić information content (AvgIpc) is 3.46. The minimum Gasteiger partial charge on any atom is -0.479 e. The number of carboxylic acids is 1. The van der Waals surface area contributed by atoms with Crippen molar-refractivity contribution in [3.05, 3.63) is 170 Å². The Kier molecular flexibility index (Phi) is 53.0. The Morgan fingerprint density at radius 2 is 0.729 bits per heavy atom. The summed E-state index contributed by atoms with van der Waals surface area (Å²) in [6, 6.07) is 0. The molecule has 6 atom stereocenters. The molecule has 12 nitrogen and oxygen atoms in total. The Morgan fingerprint density at radius 3 is 1.13 bits per heavy atom. The summed E-state index contributed by atoms with van der Waals surface area (Å²) in [7, 11) is 0. The molecule has 1 heterocycles. The molecule has 0 bridgehead atoms. The van der Waals surface area contributed by atoms with Crippen molar-refractivity contribution in [1.29, 1.82) is 0 Å². The van der Waals surface area contributed by atoms with E-state index >= 15 is 0 Å². The van der Waals surface area contributed by atoms with E-state index in [1.54, 1.807) is 0 Å². The van der Waals surface area contributed by atoms with Crippen LogP contribution in [0.5, 0.6) is 0 Å². The maximum absolute atomic E-state index is 13.2. The molecule has 12 heteroatoms. The first kappa shape index (κ1) is 77.1. The SMILES string of the molecule is CC/C=C\C/C=C\C/C=C\C/C=C\C/C=C\C/C=C\CCC(=O)OCC(COC1OC(C(=O)O)C(O)C(O)C1OC(=O)CCCCCCCCC/C=C\C/C=C\C/C=C\CC)OC(=O)CCCCC/C=C\C/C=C\C/C=C\C/C=C\C/C=C\CC. The van der Waals surface area contributed by atoms with Gasteiger partial charge in [-0.3, -0.25) is 14.4 Å². The number of esters is 3. The van der Waals surface area contributed by atoms with E-state index in [9.17, 15) is 34.5 Å². The summed E-state index contributed by atoms with van der Waals surface area (Å²) in [5, 5.41) is 31.6. The summed E-state index contributed by atoms with van der Waals surface area (Å²) >= 11 is 0. The molecular formula is C73H110O12. The first-order chi connectivity index (χ1) is 41.6. The molecule has 6 unspecified atom stereocenters. The lowest BCUT2D eigenvalue weighted by Gasteiger charge is -2.40. The predicted molar refractivity (Wildman–Crippen MR) is 348 cm³/mol. The Bertz CT molecular complexity index is 2130. The van der Waals surface area contributed by atoms with Crippen LogP contribution in [-0.2, 0) is 42.9 Å². The van der Waals surface area contributed by atoms with Crippen LogP contribution in [0.1, 0.15) is 213 Å². The molecule has 1 aliphatic heterocycles. The zero-order valence-electron chi connectivity index (χ0n) is 52.3. The van der Waals surface area contributed by atoms with Crippen molar-refractivity contribution < 1.29 is 58.2 Å². The van der Waals surface area contributed by atoms with Crippen LogP contribution in [-0.4, -0.2) is 89.2 Å². The van der Waals surface area contributed by atoms with Crippen LogP contribution < -0.4 is 0 Å². The van der Waals surface area contributed by atoms with Gasteiger partial charge in [-0.2, -0.15) is 0 Å². The maximum atomic E-state index is 13.2. The zero-order valence-corrected chi connectivity index (χ0v) is 52.3. The number of carbonyl (C=O) groups is 4. The summed E-state index contributed by atoms with van der Waals surface area (Å²) in [6.45, 7) is 5.55. The van der Waals surface area contributed by atoms with Crippen molar-refractivity contribution in [3.63, 3.8) is 0 Å². The molecule has 0 radical (unpaired) electrons. The molecule has 0 spiro atoms. The van der Waals surface area contributed by atoms with Crippen molar-refractivity contribution >= 4 is 23.9 Å². The second-order valence-electron chi connectivity index (χ2n) is 20.9. The molecule has 0 amide bonds. The summed E-state index contributed by atoms with van der Waals surface area (Å²) in [4.78, 5) is 51.3. The lowest BCUT2D eigenvalue weighted by molar-refractivity contribution is -0.301. The van der Waals surface area contributed by atoms with E-state index in [4.69, 9.17) is 23.7 Å². The van der Waals surface area contributed by atoms with Gasteiger partial charge >= 0.3 is 23.9 Å². The van der Waals surface area contributed by atoms with Crippen molar-refractivity contribution in [2.75, 3.05) is 13.2 Å². The number of aliphatic hydroxyl groups is 2. The number of hydrogen-bond acceptors (Lipinski definition) is 11. The molecule has 85 heavy (non-hydrogen) atoms. The molecule has 0 saturated carbocycles. The summed E-state index contributed by atoms with van der Waals surface area (Å²) in [6.07, 6.45) is 74.6. The number of unbranched alkanes of at least 4 members (excludes halogenated alkanes) is 10. The quantitative estimate of drug-likeness (QED) is 0.0228. The van der Waals surface area contributed by atoms with E-state index in [0.717, 1.165) is 148 Å². The molecule has 474 valence electrons. The van der Waals surface area contributed by atoms with Gasteiger partial charge in [0.15, 0.2) is 24.6 Å². The number of ether oxygens (including phenoxy) is 5. The van der Waals surface area contributed by atoms with Crippen LogP contribution in [0, 0.1) is 0 Å². The van der Waals surface area contributed by atoms with E-state index in [1.165, 1.54) is 0 Å². The number of aliphatic hydroxyl groups excluding tert-OH is 2. The number of allylic oxidation sites excluding steroid dienone is 28. The number of aliphatic carboxylic acids is 1. The van der Waals surface area contributed by atoms with Gasteiger partial charge in [0.1, 0.15) is 18.8 Å². The molecule has 0 aromatic rings. The Morgan fingerprint density at radius 1 is 0.388 bits per heavy atom. The maximum Gasteiger partial charge on any atom is 0.335 e. The van der Waals surface area contributed by atoms with Crippen molar-refractivity contribution in [2.45, 2.75) is 250 Å². The van der Waals surface area contributed by atoms with Crippen LogP contribution in [0.4, 0.5) is 0 Å². The van der Waals surface area contributed by atoms with Gasteiger partial charge in [0, 0.05) is 19.3 Å². The third kappa shape index (κ3) is 48.0. The average molecular weight is 1180 g/mol. The number of hydrogen-bond donors (Lipinski definition) is 3. The monoisotopic (exact) mass is 1180 g/mol. The molecule has 1 saturated heterocycles. The van der Waals surface area contributed by atoms with E-state index < -0.39 is 67.3 Å². The number of carbonyl (C=O) groups excluding carboxylic acids is 3. The second-order valence-corrected chi connectivity index (χ2v) is 20.9. The molecule has 0 aromatic heterocycles. The third-order valence-corrected chi connectivity index (χ3v) is 13.3. The Hall–Kier alpha value is -5.92. The van der Waals surface area contributed by atoms with Gasteiger partial charge in [0.05, 0.1) is 6.61 Å². The van der Waals surface area contributed by atoms with E-state index in [-0.39, 0.29) is 25.9 Å². The fourth-order valence-electron chi connectivity index (χ4n) is 8.49. The highest BCUT2D eigenvalue weighted by Gasteiger charge is 2.50. The van der Waals surface area contributed by atoms with Gasteiger partial charge in [-0.15, -0.1) is 0 Å². The normalized spacial score (nSPS) is 18.6. The lowest BCUT2D eigenvalue weighted by Crippen LogP contribution is -2.61. The molecular weight excluding hydrogens is 1070 g/mol. The third-order valence-electron chi connectivity index (χ3n) is 13.3. The van der Waals surface area contributed by atoms with Gasteiger partial charge < -0.3 is 39.0 Å². The van der Waals surface area contributed by atoms with Gasteiger partial charge in [-0.25, -0.2) is 4.79 Å².